The fourth-order valence-electron chi connectivity index (χ4n) is 2.70. The van der Waals surface area contributed by atoms with Gasteiger partial charge < -0.3 is 23.7 Å². The van der Waals surface area contributed by atoms with E-state index in [2.05, 4.69) is 6.92 Å². The van der Waals surface area contributed by atoms with Gasteiger partial charge in [-0.25, -0.2) is 6.61 Å². The predicted molar refractivity (Wildman–Crippen MR) is 86.9 cm³/mol. The van der Waals surface area contributed by atoms with Crippen LogP contribution < -0.4 is 87.8 Å². The molecule has 0 bridgehead atoms. The summed E-state index contributed by atoms with van der Waals surface area (Å²) in [4.78, 5) is 0. The van der Waals surface area contributed by atoms with Gasteiger partial charge >= 0.3 is 68.9 Å². The van der Waals surface area contributed by atoms with Crippen molar-refractivity contribution in [1.82, 2.24) is 0 Å². The molecule has 2 aliphatic heterocycles. The Morgan fingerprint density at radius 1 is 1.08 bits per heavy atom. The van der Waals surface area contributed by atoms with Gasteiger partial charge in [0.15, 0.2) is 17.8 Å². The minimum Gasteiger partial charge on any atom is -0.520 e. The van der Waals surface area contributed by atoms with E-state index in [-0.39, 0.29) is 82.0 Å². The van der Waals surface area contributed by atoms with Gasteiger partial charge in [-0.3, -0.25) is 0 Å². The molecule has 0 radical (unpaired) electrons. The van der Waals surface area contributed by atoms with E-state index < -0.39 is 0 Å². The number of hydrogen-bond donors (Lipinski definition) is 0. The fraction of sp³-hybridized carbons (Fsp3) is 0.316. The molecule has 25 heavy (non-hydrogen) atoms. The van der Waals surface area contributed by atoms with Crippen LogP contribution >= 0.6 is 0 Å². The molecule has 1 unspecified atom stereocenters. The van der Waals surface area contributed by atoms with Crippen LogP contribution in [-0.4, -0.2) is 13.1 Å². The van der Waals surface area contributed by atoms with Crippen LogP contribution in [-0.2, 0) is 11.3 Å². The van der Waals surface area contributed by atoms with Crippen molar-refractivity contribution in [3.63, 3.8) is 0 Å². The SMILES string of the molecule is C[C@H]1[CH-]OC(Oc2cccc(OCc3ccc4c(c3)OCO4)c2)C1.[Cs+]. The molecule has 0 aromatic heterocycles. The van der Waals surface area contributed by atoms with Crippen molar-refractivity contribution in [2.75, 3.05) is 6.79 Å². The van der Waals surface area contributed by atoms with Crippen LogP contribution in [0.15, 0.2) is 42.5 Å². The van der Waals surface area contributed by atoms with Gasteiger partial charge in [0.25, 0.3) is 0 Å². The van der Waals surface area contributed by atoms with E-state index in [1.165, 1.54) is 0 Å². The first kappa shape index (κ1) is 19.4. The Kier molecular flexibility index (Phi) is 7.02. The topological polar surface area (TPSA) is 46.2 Å². The summed E-state index contributed by atoms with van der Waals surface area (Å²) >= 11 is 0. The van der Waals surface area contributed by atoms with Gasteiger partial charge in [-0.15, -0.1) is 5.92 Å². The fourth-order valence-corrected chi connectivity index (χ4v) is 2.70. The molecule has 0 saturated carbocycles. The largest absolute Gasteiger partial charge is 1.00 e. The maximum absolute atomic E-state index is 5.85. The Balaban J connectivity index is 0.00000182. The molecule has 1 saturated heterocycles. The Bertz CT molecular complexity index is 721. The predicted octanol–water partition coefficient (Wildman–Crippen LogP) is 0.921. The molecule has 2 aromatic carbocycles. The standard InChI is InChI=1S/C19H19O5.Cs/c1-13-7-19(21-10-13)24-16-4-2-3-15(9-16)20-11-14-5-6-17-18(8-14)23-12-22-17;/h2-6,8-10,13,19H,7,11-12H2,1H3;/q-1;+1/t13-,19?;/m1./s1. The molecule has 126 valence electrons. The molecule has 0 N–H and O–H groups in total. The molecular formula is C19H19CsO5. The first-order valence-electron chi connectivity index (χ1n) is 8.03. The van der Waals surface area contributed by atoms with Crippen LogP contribution in [0.25, 0.3) is 0 Å². The Labute approximate surface area is 206 Å². The summed E-state index contributed by atoms with van der Waals surface area (Å²) < 4.78 is 27.8. The van der Waals surface area contributed by atoms with Crippen molar-refractivity contribution in [2.45, 2.75) is 26.2 Å². The number of fused-ring (bicyclic) bond motifs is 1. The van der Waals surface area contributed by atoms with Gasteiger partial charge in [0, 0.05) is 6.07 Å². The van der Waals surface area contributed by atoms with Gasteiger partial charge in [0.2, 0.25) is 6.79 Å². The van der Waals surface area contributed by atoms with E-state index in [1.54, 1.807) is 0 Å². The summed E-state index contributed by atoms with van der Waals surface area (Å²) in [6.07, 6.45) is 0.645. The first-order chi connectivity index (χ1) is 11.8. The number of hydrogen-bond acceptors (Lipinski definition) is 5. The van der Waals surface area contributed by atoms with Gasteiger partial charge in [-0.1, -0.05) is 19.1 Å². The van der Waals surface area contributed by atoms with Gasteiger partial charge in [-0.05, 0) is 36.2 Å². The van der Waals surface area contributed by atoms with Crippen LogP contribution in [0.3, 0.4) is 0 Å². The second-order valence-electron chi connectivity index (χ2n) is 5.98. The quantitative estimate of drug-likeness (QED) is 0.622. The minimum atomic E-state index is -0.218. The van der Waals surface area contributed by atoms with Crippen molar-refractivity contribution < 1.29 is 92.6 Å². The van der Waals surface area contributed by atoms with Crippen LogP contribution in [0.5, 0.6) is 23.0 Å². The van der Waals surface area contributed by atoms with Crippen molar-refractivity contribution in [3.05, 3.63) is 54.6 Å². The summed E-state index contributed by atoms with van der Waals surface area (Å²) in [7, 11) is 0. The molecule has 4 rings (SSSR count). The summed E-state index contributed by atoms with van der Waals surface area (Å²) in [6, 6.07) is 13.4. The van der Waals surface area contributed by atoms with Crippen molar-refractivity contribution in [3.8, 4) is 23.0 Å². The number of rotatable bonds is 5. The molecule has 2 atom stereocenters. The molecule has 1 fully saturated rings. The second kappa shape index (κ2) is 9.03. The first-order valence-corrected chi connectivity index (χ1v) is 8.03. The third-order valence-electron chi connectivity index (χ3n) is 3.94. The van der Waals surface area contributed by atoms with E-state index in [9.17, 15) is 0 Å². The van der Waals surface area contributed by atoms with E-state index in [0.29, 0.717) is 12.5 Å². The summed E-state index contributed by atoms with van der Waals surface area (Å²) in [5.74, 6) is 3.44. The number of ether oxygens (including phenoxy) is 5. The maximum Gasteiger partial charge on any atom is 1.00 e. The third kappa shape index (κ3) is 5.09. The molecule has 6 heteroatoms. The normalized spacial score (nSPS) is 20.8. The zero-order chi connectivity index (χ0) is 16.4. The van der Waals surface area contributed by atoms with E-state index >= 15 is 0 Å². The molecule has 2 aromatic rings. The van der Waals surface area contributed by atoms with Crippen LogP contribution in [0, 0.1) is 12.5 Å². The molecule has 0 spiro atoms. The molecular weight excluding hydrogens is 441 g/mol. The van der Waals surface area contributed by atoms with Crippen LogP contribution in [0.4, 0.5) is 0 Å². The molecule has 2 aliphatic rings. The van der Waals surface area contributed by atoms with Crippen molar-refractivity contribution in [1.29, 1.82) is 0 Å². The van der Waals surface area contributed by atoms with E-state index in [0.717, 1.165) is 35.0 Å². The molecule has 5 nitrogen and oxygen atoms in total. The van der Waals surface area contributed by atoms with Crippen LogP contribution in [0.2, 0.25) is 0 Å². The van der Waals surface area contributed by atoms with Gasteiger partial charge in [0.05, 0.1) is 0 Å². The average molecular weight is 460 g/mol. The zero-order valence-corrected chi connectivity index (χ0v) is 20.7. The summed E-state index contributed by atoms with van der Waals surface area (Å²) in [5.41, 5.74) is 1.02. The van der Waals surface area contributed by atoms with Crippen LogP contribution in [0.1, 0.15) is 18.9 Å². The van der Waals surface area contributed by atoms with Gasteiger partial charge in [-0.2, -0.15) is 0 Å². The Hall–Kier alpha value is -0.348. The van der Waals surface area contributed by atoms with Gasteiger partial charge in [0.1, 0.15) is 18.1 Å². The Morgan fingerprint density at radius 2 is 1.92 bits per heavy atom. The maximum atomic E-state index is 5.85. The molecule has 0 aliphatic carbocycles. The molecule has 2 heterocycles. The Morgan fingerprint density at radius 3 is 2.76 bits per heavy atom. The minimum absolute atomic E-state index is 0. The second-order valence-corrected chi connectivity index (χ2v) is 5.98. The monoisotopic (exact) mass is 460 g/mol. The summed E-state index contributed by atoms with van der Waals surface area (Å²) in [5, 5.41) is 0. The third-order valence-corrected chi connectivity index (χ3v) is 3.94. The van der Waals surface area contributed by atoms with Crippen molar-refractivity contribution in [2.24, 2.45) is 5.92 Å². The molecule has 0 amide bonds. The zero-order valence-electron chi connectivity index (χ0n) is 14.4. The smallest absolute Gasteiger partial charge is 0.520 e. The van der Waals surface area contributed by atoms with Crippen molar-refractivity contribution >= 4 is 0 Å². The average Bonchev–Trinajstić information content (AvgIpc) is 3.21. The number of benzene rings is 2. The van der Waals surface area contributed by atoms with E-state index in [1.807, 2.05) is 49.1 Å². The summed E-state index contributed by atoms with van der Waals surface area (Å²) in [6.45, 7) is 4.65. The van der Waals surface area contributed by atoms with E-state index in [4.69, 9.17) is 23.7 Å².